The first-order valence-electron chi connectivity index (χ1n) is 3.60. The van der Waals surface area contributed by atoms with E-state index in [2.05, 4.69) is 15.3 Å². The van der Waals surface area contributed by atoms with Crippen molar-refractivity contribution in [3.05, 3.63) is 17.7 Å². The second kappa shape index (κ2) is 3.50. The van der Waals surface area contributed by atoms with Gasteiger partial charge < -0.3 is 15.4 Å². The highest BCUT2D eigenvalue weighted by molar-refractivity contribution is 5.03. The number of imidazole rings is 1. The zero-order valence-corrected chi connectivity index (χ0v) is 6.76. The van der Waals surface area contributed by atoms with Crippen LogP contribution in [0.2, 0.25) is 0 Å². The van der Waals surface area contributed by atoms with Gasteiger partial charge in [0.2, 0.25) is 0 Å². The smallest absolute Gasteiger partial charge is 0.120 e. The van der Waals surface area contributed by atoms with Crippen LogP contribution in [0.4, 0.5) is 0 Å². The fourth-order valence-electron chi connectivity index (χ4n) is 0.848. The van der Waals surface area contributed by atoms with Crippen LogP contribution < -0.4 is 5.32 Å². The van der Waals surface area contributed by atoms with Gasteiger partial charge >= 0.3 is 0 Å². The summed E-state index contributed by atoms with van der Waals surface area (Å²) in [7, 11) is 1.85. The second-order valence-corrected chi connectivity index (χ2v) is 2.49. The van der Waals surface area contributed by atoms with Gasteiger partial charge in [-0.1, -0.05) is 0 Å². The Morgan fingerprint density at radius 1 is 1.82 bits per heavy atom. The van der Waals surface area contributed by atoms with E-state index in [0.29, 0.717) is 6.54 Å². The zero-order valence-electron chi connectivity index (χ0n) is 6.76. The third kappa shape index (κ3) is 2.03. The third-order valence-electron chi connectivity index (χ3n) is 1.44. The minimum absolute atomic E-state index is 0.465. The van der Waals surface area contributed by atoms with E-state index in [1.165, 1.54) is 0 Å². The van der Waals surface area contributed by atoms with Crippen LogP contribution in [0.25, 0.3) is 0 Å². The summed E-state index contributed by atoms with van der Waals surface area (Å²) in [5.41, 5.74) is 0.759. The highest BCUT2D eigenvalue weighted by Gasteiger charge is 2.03. The highest BCUT2D eigenvalue weighted by Crippen LogP contribution is 2.07. The minimum Gasteiger partial charge on any atom is -0.387 e. The summed E-state index contributed by atoms with van der Waals surface area (Å²) in [6.07, 6.45) is 1.19. The number of hydrogen-bond acceptors (Lipinski definition) is 3. The van der Waals surface area contributed by atoms with Crippen LogP contribution in [0.3, 0.4) is 0 Å². The van der Waals surface area contributed by atoms with Crippen LogP contribution in [0.15, 0.2) is 6.20 Å². The first kappa shape index (κ1) is 8.23. The molecule has 62 valence electrons. The van der Waals surface area contributed by atoms with Gasteiger partial charge in [0, 0.05) is 0 Å². The van der Waals surface area contributed by atoms with Gasteiger partial charge in [-0.2, -0.15) is 0 Å². The van der Waals surface area contributed by atoms with Gasteiger partial charge in [-0.25, -0.2) is 4.98 Å². The van der Waals surface area contributed by atoms with Crippen molar-refractivity contribution in [2.45, 2.75) is 19.6 Å². The molecule has 0 bridgehead atoms. The average molecular weight is 155 g/mol. The van der Waals surface area contributed by atoms with Gasteiger partial charge in [0.05, 0.1) is 24.5 Å². The Labute approximate surface area is 65.7 Å². The van der Waals surface area contributed by atoms with Crippen LogP contribution in [0.1, 0.15) is 24.5 Å². The largest absolute Gasteiger partial charge is 0.387 e. The van der Waals surface area contributed by atoms with Crippen molar-refractivity contribution in [2.24, 2.45) is 0 Å². The summed E-state index contributed by atoms with van der Waals surface area (Å²) in [5, 5.41) is 12.1. The predicted octanol–water partition coefficient (Wildman–Crippen LogP) is 0.182. The normalized spacial score (nSPS) is 13.4. The summed E-state index contributed by atoms with van der Waals surface area (Å²) in [5.74, 6) is 0.850. The van der Waals surface area contributed by atoms with Crippen LogP contribution in [0, 0.1) is 0 Å². The molecule has 1 rings (SSSR count). The van der Waals surface area contributed by atoms with E-state index in [1.807, 2.05) is 7.05 Å². The third-order valence-corrected chi connectivity index (χ3v) is 1.44. The molecular formula is C7H13N3O. The quantitative estimate of drug-likeness (QED) is 0.583. The first-order valence-corrected chi connectivity index (χ1v) is 3.60. The van der Waals surface area contributed by atoms with E-state index in [1.54, 1.807) is 13.1 Å². The molecule has 0 aliphatic rings. The molecule has 0 aromatic carbocycles. The van der Waals surface area contributed by atoms with E-state index in [0.717, 1.165) is 11.5 Å². The fraction of sp³-hybridized carbons (Fsp3) is 0.571. The molecule has 1 atom stereocenters. The maximum Gasteiger partial charge on any atom is 0.120 e. The molecule has 4 nitrogen and oxygen atoms in total. The molecule has 0 saturated carbocycles. The molecular weight excluding hydrogens is 142 g/mol. The fourth-order valence-corrected chi connectivity index (χ4v) is 0.848. The highest BCUT2D eigenvalue weighted by atomic mass is 16.3. The van der Waals surface area contributed by atoms with E-state index in [-0.39, 0.29) is 0 Å². The van der Waals surface area contributed by atoms with Gasteiger partial charge in [-0.15, -0.1) is 0 Å². The number of aromatic amines is 1. The first-order chi connectivity index (χ1) is 5.24. The Balaban J connectivity index is 2.66. The Hall–Kier alpha value is -0.870. The standard InChI is InChI=1S/C7H13N3O/c1-5(11)6-3-9-7(10-6)4-8-2/h3,5,8,11H,4H2,1-2H3,(H,9,10). The molecule has 0 aliphatic heterocycles. The summed E-state index contributed by atoms with van der Waals surface area (Å²) in [6, 6.07) is 0. The number of H-pyrrole nitrogens is 1. The Bertz CT molecular complexity index is 219. The van der Waals surface area contributed by atoms with Crippen LogP contribution in [-0.2, 0) is 6.54 Å². The van der Waals surface area contributed by atoms with Gasteiger partial charge in [0.25, 0.3) is 0 Å². The van der Waals surface area contributed by atoms with Crippen molar-refractivity contribution in [1.82, 2.24) is 15.3 Å². The number of aliphatic hydroxyl groups excluding tert-OH is 1. The molecule has 1 aromatic heterocycles. The number of hydrogen-bond donors (Lipinski definition) is 3. The molecule has 3 N–H and O–H groups in total. The lowest BCUT2D eigenvalue weighted by Gasteiger charge is -1.97. The second-order valence-electron chi connectivity index (χ2n) is 2.49. The maximum absolute atomic E-state index is 9.11. The van der Waals surface area contributed by atoms with Crippen molar-refractivity contribution in [1.29, 1.82) is 0 Å². The van der Waals surface area contributed by atoms with Crippen molar-refractivity contribution in [3.8, 4) is 0 Å². The average Bonchev–Trinajstić information content (AvgIpc) is 2.37. The molecule has 0 amide bonds. The van der Waals surface area contributed by atoms with Gasteiger partial charge in [0.15, 0.2) is 0 Å². The maximum atomic E-state index is 9.11. The van der Waals surface area contributed by atoms with Gasteiger partial charge in [-0.3, -0.25) is 0 Å². The Kier molecular flexibility index (Phi) is 2.62. The Morgan fingerprint density at radius 3 is 3.00 bits per heavy atom. The van der Waals surface area contributed by atoms with Crippen LogP contribution >= 0.6 is 0 Å². The Morgan fingerprint density at radius 2 is 2.55 bits per heavy atom. The topological polar surface area (TPSA) is 60.9 Å². The molecule has 4 heteroatoms. The summed E-state index contributed by atoms with van der Waals surface area (Å²) >= 11 is 0. The summed E-state index contributed by atoms with van der Waals surface area (Å²) in [6.45, 7) is 2.41. The molecule has 0 fully saturated rings. The molecule has 0 saturated heterocycles. The lowest BCUT2D eigenvalue weighted by atomic mass is 10.3. The number of aliphatic hydroxyl groups is 1. The molecule has 0 spiro atoms. The molecule has 1 aromatic rings. The van der Waals surface area contributed by atoms with E-state index in [9.17, 15) is 0 Å². The van der Waals surface area contributed by atoms with E-state index in [4.69, 9.17) is 5.11 Å². The number of aromatic nitrogens is 2. The minimum atomic E-state index is -0.465. The lowest BCUT2D eigenvalue weighted by Crippen LogP contribution is -2.06. The van der Waals surface area contributed by atoms with Crippen molar-refractivity contribution < 1.29 is 5.11 Å². The predicted molar refractivity (Wildman–Crippen MR) is 42.0 cm³/mol. The number of nitrogens with one attached hydrogen (secondary N) is 2. The SMILES string of the molecule is CNCc1ncc(C(C)O)[nH]1. The van der Waals surface area contributed by atoms with Crippen molar-refractivity contribution in [2.75, 3.05) is 7.05 Å². The molecule has 0 aliphatic carbocycles. The van der Waals surface area contributed by atoms with Gasteiger partial charge in [-0.05, 0) is 14.0 Å². The molecule has 1 unspecified atom stereocenters. The van der Waals surface area contributed by atoms with Crippen LogP contribution in [0.5, 0.6) is 0 Å². The number of rotatable bonds is 3. The van der Waals surface area contributed by atoms with Crippen molar-refractivity contribution in [3.63, 3.8) is 0 Å². The summed E-state index contributed by atoms with van der Waals surface area (Å²) in [4.78, 5) is 7.04. The molecule has 0 radical (unpaired) electrons. The molecule has 1 heterocycles. The molecule has 11 heavy (non-hydrogen) atoms. The van der Waals surface area contributed by atoms with Gasteiger partial charge in [0.1, 0.15) is 5.82 Å². The summed E-state index contributed by atoms with van der Waals surface area (Å²) < 4.78 is 0. The lowest BCUT2D eigenvalue weighted by molar-refractivity contribution is 0.194. The van der Waals surface area contributed by atoms with Crippen molar-refractivity contribution >= 4 is 0 Å². The number of nitrogens with zero attached hydrogens (tertiary/aromatic N) is 1. The van der Waals surface area contributed by atoms with E-state index < -0.39 is 6.10 Å². The zero-order chi connectivity index (χ0) is 8.27. The monoisotopic (exact) mass is 155 g/mol. The van der Waals surface area contributed by atoms with E-state index >= 15 is 0 Å². The van der Waals surface area contributed by atoms with Crippen LogP contribution in [-0.4, -0.2) is 22.1 Å².